The van der Waals surface area contributed by atoms with E-state index in [0.717, 1.165) is 11.6 Å². The lowest BCUT2D eigenvalue weighted by molar-refractivity contribution is -0.141. The van der Waals surface area contributed by atoms with E-state index < -0.39 is 23.5 Å². The maximum absolute atomic E-state index is 13.5. The van der Waals surface area contributed by atoms with Crippen molar-refractivity contribution < 1.29 is 18.3 Å². The molecule has 1 fully saturated rings. The minimum atomic E-state index is -4.50. The molecule has 3 atom stereocenters. The van der Waals surface area contributed by atoms with Gasteiger partial charge in [-0.2, -0.15) is 13.2 Å². The SMILES string of the molecule is Cc1cnc(-c2ccnc(C(C)O)n2)cc1-n1c(C)cc(C2CC2c2ccc(C(F)(F)F)nc2)c(Cl)c1=O. The molecule has 1 aliphatic rings. The Hall–Kier alpha value is -3.63. The number of rotatable bonds is 5. The summed E-state index contributed by atoms with van der Waals surface area (Å²) in [6, 6.07) is 7.66. The van der Waals surface area contributed by atoms with Gasteiger partial charge in [-0.15, -0.1) is 0 Å². The van der Waals surface area contributed by atoms with Crippen LogP contribution in [0.15, 0.2) is 53.7 Å². The van der Waals surface area contributed by atoms with Crippen LogP contribution in [0, 0.1) is 13.8 Å². The summed E-state index contributed by atoms with van der Waals surface area (Å²) in [5.74, 6) is 0.109. The molecule has 38 heavy (non-hydrogen) atoms. The number of nitrogens with zero attached hydrogens (tertiary/aromatic N) is 5. The summed E-state index contributed by atoms with van der Waals surface area (Å²) >= 11 is 6.60. The first-order valence-electron chi connectivity index (χ1n) is 11.9. The van der Waals surface area contributed by atoms with Crippen LogP contribution in [-0.4, -0.2) is 29.6 Å². The number of aliphatic hydroxyl groups excluding tert-OH is 1. The van der Waals surface area contributed by atoms with Crippen LogP contribution in [0.1, 0.15) is 65.2 Å². The van der Waals surface area contributed by atoms with Gasteiger partial charge in [-0.3, -0.25) is 19.3 Å². The standard InChI is InChI=1S/C27H23ClF3N5O2/c1-13-11-33-21(20-6-7-32-25(35-20)15(3)37)10-22(13)36-14(2)8-19(24(28)26(36)38)18-9-17(18)16-4-5-23(34-12-16)27(29,30)31/h4-8,10-12,15,17-18,37H,9H2,1-3H3. The molecule has 0 saturated heterocycles. The van der Waals surface area contributed by atoms with Gasteiger partial charge in [0.25, 0.3) is 5.56 Å². The van der Waals surface area contributed by atoms with E-state index in [1.807, 2.05) is 13.0 Å². The fourth-order valence-corrected chi connectivity index (χ4v) is 4.89. The number of hydrogen-bond acceptors (Lipinski definition) is 6. The Labute approximate surface area is 221 Å². The quantitative estimate of drug-likeness (QED) is 0.348. The van der Waals surface area contributed by atoms with E-state index in [-0.39, 0.29) is 22.7 Å². The third kappa shape index (κ3) is 4.81. The van der Waals surface area contributed by atoms with Crippen LogP contribution in [0.5, 0.6) is 0 Å². The Morgan fingerprint density at radius 3 is 2.47 bits per heavy atom. The van der Waals surface area contributed by atoms with Crippen molar-refractivity contribution in [1.29, 1.82) is 0 Å². The van der Waals surface area contributed by atoms with E-state index in [4.69, 9.17) is 11.6 Å². The van der Waals surface area contributed by atoms with Crippen molar-refractivity contribution in [3.63, 3.8) is 0 Å². The molecule has 4 heterocycles. The average molecular weight is 542 g/mol. The van der Waals surface area contributed by atoms with Crippen LogP contribution in [0.2, 0.25) is 5.02 Å². The van der Waals surface area contributed by atoms with Crippen molar-refractivity contribution in [3.8, 4) is 17.1 Å². The molecule has 1 saturated carbocycles. The zero-order valence-corrected chi connectivity index (χ0v) is 21.4. The average Bonchev–Trinajstić information content (AvgIpc) is 3.68. The summed E-state index contributed by atoms with van der Waals surface area (Å²) in [6.07, 6.45) is -0.268. The lowest BCUT2D eigenvalue weighted by Crippen LogP contribution is -2.23. The second-order valence-corrected chi connectivity index (χ2v) is 9.83. The van der Waals surface area contributed by atoms with Crippen LogP contribution >= 0.6 is 11.6 Å². The molecule has 0 aromatic carbocycles. The van der Waals surface area contributed by atoms with Gasteiger partial charge in [0.2, 0.25) is 0 Å². The van der Waals surface area contributed by atoms with Crippen molar-refractivity contribution in [3.05, 3.63) is 98.2 Å². The zero-order chi connectivity index (χ0) is 27.4. The monoisotopic (exact) mass is 541 g/mol. The third-order valence-corrected chi connectivity index (χ3v) is 7.06. The molecule has 0 spiro atoms. The van der Waals surface area contributed by atoms with Gasteiger partial charge in [-0.05, 0) is 80.0 Å². The molecular weight excluding hydrogens is 519 g/mol. The number of alkyl halides is 3. The molecule has 4 aromatic heterocycles. The van der Waals surface area contributed by atoms with E-state index in [1.165, 1.54) is 23.0 Å². The summed E-state index contributed by atoms with van der Waals surface area (Å²) in [4.78, 5) is 29.9. The molecule has 0 aliphatic heterocycles. The maximum Gasteiger partial charge on any atom is 0.433 e. The third-order valence-electron chi connectivity index (χ3n) is 6.68. The summed E-state index contributed by atoms with van der Waals surface area (Å²) in [5, 5.41) is 9.90. The van der Waals surface area contributed by atoms with E-state index in [9.17, 15) is 23.1 Å². The van der Waals surface area contributed by atoms with Crippen LogP contribution in [0.25, 0.3) is 17.1 Å². The molecule has 1 N–H and O–H groups in total. The summed E-state index contributed by atoms with van der Waals surface area (Å²) < 4.78 is 40.1. The maximum atomic E-state index is 13.5. The first kappa shape index (κ1) is 26.0. The zero-order valence-electron chi connectivity index (χ0n) is 20.7. The molecule has 5 rings (SSSR count). The Bertz CT molecular complexity index is 1590. The van der Waals surface area contributed by atoms with E-state index in [1.54, 1.807) is 32.2 Å². The number of halogens is 4. The smallest absolute Gasteiger partial charge is 0.385 e. The lowest BCUT2D eigenvalue weighted by Gasteiger charge is -2.16. The van der Waals surface area contributed by atoms with Gasteiger partial charge in [0.1, 0.15) is 16.8 Å². The van der Waals surface area contributed by atoms with Gasteiger partial charge >= 0.3 is 6.18 Å². The van der Waals surface area contributed by atoms with Crippen LogP contribution in [0.4, 0.5) is 13.2 Å². The van der Waals surface area contributed by atoms with E-state index >= 15 is 0 Å². The number of hydrogen-bond donors (Lipinski definition) is 1. The van der Waals surface area contributed by atoms with Crippen molar-refractivity contribution in [2.75, 3.05) is 0 Å². The Kier molecular flexibility index (Phi) is 6.56. The molecule has 1 aliphatic carbocycles. The predicted octanol–water partition coefficient (Wildman–Crippen LogP) is 5.70. The first-order chi connectivity index (χ1) is 18.0. The Morgan fingerprint density at radius 2 is 1.82 bits per heavy atom. The summed E-state index contributed by atoms with van der Waals surface area (Å²) in [6.45, 7) is 5.20. The van der Waals surface area contributed by atoms with Crippen molar-refractivity contribution in [1.82, 2.24) is 24.5 Å². The Balaban J connectivity index is 1.49. The van der Waals surface area contributed by atoms with Crippen LogP contribution in [0.3, 0.4) is 0 Å². The highest BCUT2D eigenvalue weighted by Gasteiger charge is 2.42. The topological polar surface area (TPSA) is 93.8 Å². The number of aromatic nitrogens is 5. The molecule has 0 radical (unpaired) electrons. The summed E-state index contributed by atoms with van der Waals surface area (Å²) in [5.41, 5.74) is 2.98. The van der Waals surface area contributed by atoms with Gasteiger partial charge < -0.3 is 5.11 Å². The predicted molar refractivity (Wildman–Crippen MR) is 135 cm³/mol. The number of aryl methyl sites for hydroxylation is 2. The van der Waals surface area contributed by atoms with Gasteiger partial charge in [-0.1, -0.05) is 17.7 Å². The van der Waals surface area contributed by atoms with Crippen molar-refractivity contribution in [2.45, 2.75) is 51.3 Å². The van der Waals surface area contributed by atoms with Gasteiger partial charge in [0.15, 0.2) is 5.82 Å². The first-order valence-corrected chi connectivity index (χ1v) is 12.3. The highest BCUT2D eigenvalue weighted by molar-refractivity contribution is 6.31. The highest BCUT2D eigenvalue weighted by Crippen LogP contribution is 2.55. The number of aliphatic hydroxyl groups is 1. The molecular formula is C27H23ClF3N5O2. The van der Waals surface area contributed by atoms with Gasteiger partial charge in [0.05, 0.1) is 17.1 Å². The van der Waals surface area contributed by atoms with E-state index in [2.05, 4.69) is 19.9 Å². The molecule has 0 amide bonds. The van der Waals surface area contributed by atoms with Crippen molar-refractivity contribution >= 4 is 11.6 Å². The molecule has 196 valence electrons. The van der Waals surface area contributed by atoms with Gasteiger partial charge in [-0.25, -0.2) is 9.97 Å². The molecule has 11 heteroatoms. The minimum absolute atomic E-state index is 0.0629. The second kappa shape index (κ2) is 9.59. The molecule has 3 unspecified atom stereocenters. The molecule has 7 nitrogen and oxygen atoms in total. The highest BCUT2D eigenvalue weighted by atomic mass is 35.5. The number of pyridine rings is 3. The normalized spacial score (nSPS) is 17.9. The van der Waals surface area contributed by atoms with Gasteiger partial charge in [0, 0.05) is 24.3 Å². The van der Waals surface area contributed by atoms with Crippen LogP contribution in [-0.2, 0) is 6.18 Å². The Morgan fingerprint density at radius 1 is 1.05 bits per heavy atom. The lowest BCUT2D eigenvalue weighted by atomic mass is 10.0. The fraction of sp³-hybridized carbons (Fsp3) is 0.296. The van der Waals surface area contributed by atoms with E-state index in [0.29, 0.717) is 40.3 Å². The largest absolute Gasteiger partial charge is 0.433 e. The minimum Gasteiger partial charge on any atom is -0.385 e. The molecule has 4 aromatic rings. The fourth-order valence-electron chi connectivity index (χ4n) is 4.62. The summed E-state index contributed by atoms with van der Waals surface area (Å²) in [7, 11) is 0. The van der Waals surface area contributed by atoms with Crippen LogP contribution < -0.4 is 5.56 Å². The second-order valence-electron chi connectivity index (χ2n) is 9.45. The van der Waals surface area contributed by atoms with Crippen molar-refractivity contribution in [2.24, 2.45) is 0 Å². The molecule has 0 bridgehead atoms.